The number of aldehydes is 1. The molecule has 0 aromatic heterocycles. The van der Waals surface area contributed by atoms with E-state index in [-0.39, 0.29) is 22.9 Å². The number of amides is 1. The lowest BCUT2D eigenvalue weighted by molar-refractivity contribution is -0.384. The number of alkyl carbamates (subject to hydrolysis) is 1. The summed E-state index contributed by atoms with van der Waals surface area (Å²) >= 11 is 0. The zero-order valence-electron chi connectivity index (χ0n) is 24.4. The van der Waals surface area contributed by atoms with Crippen molar-refractivity contribution in [2.24, 2.45) is 0 Å². The quantitative estimate of drug-likeness (QED) is 0.124. The van der Waals surface area contributed by atoms with Crippen LogP contribution in [0, 0.1) is 10.1 Å². The lowest BCUT2D eigenvalue weighted by Gasteiger charge is -2.42. The number of nitrogens with one attached hydrogen (secondary N) is 1. The average Bonchev–Trinajstić information content (AvgIpc) is 3.23. The van der Waals surface area contributed by atoms with Crippen molar-refractivity contribution in [3.05, 3.63) is 75.8 Å². The maximum Gasteiger partial charge on any atom is 0.408 e. The summed E-state index contributed by atoms with van der Waals surface area (Å²) in [6, 6.07) is 13.1. The SMILES string of the molecule is CC1(C)O[C@@H]([C@H](O[Si](C)(C)C(C)(C)C)[C@@H](C=O)NC(=O)OCc2ccccc2)[C@@H](C(=O)c2cccc([N+](=O)[O-])c2)O1. The topological polar surface area (TPSA) is 143 Å². The Bertz CT molecular complexity index is 1260. The Morgan fingerprint density at radius 3 is 2.37 bits per heavy atom. The van der Waals surface area contributed by atoms with E-state index >= 15 is 0 Å². The molecule has 1 N–H and O–H groups in total. The number of nitro groups is 1. The van der Waals surface area contributed by atoms with Crippen LogP contribution >= 0.6 is 0 Å². The molecule has 1 aliphatic heterocycles. The van der Waals surface area contributed by atoms with E-state index < -0.39 is 55.3 Å². The summed E-state index contributed by atoms with van der Waals surface area (Å²) < 4.78 is 24.1. The summed E-state index contributed by atoms with van der Waals surface area (Å²) in [6.07, 6.45) is -3.91. The third-order valence-electron chi connectivity index (χ3n) is 7.29. The van der Waals surface area contributed by atoms with E-state index in [4.69, 9.17) is 18.6 Å². The molecular formula is C29H38N2O9Si. The van der Waals surface area contributed by atoms with Crippen molar-refractivity contribution in [2.45, 2.75) is 89.5 Å². The van der Waals surface area contributed by atoms with Gasteiger partial charge in [0.15, 0.2) is 26.0 Å². The highest BCUT2D eigenvalue weighted by Gasteiger charge is 2.54. The Morgan fingerprint density at radius 2 is 1.78 bits per heavy atom. The number of non-ortho nitro benzene ring substituents is 1. The number of ether oxygens (including phenoxy) is 3. The van der Waals surface area contributed by atoms with Gasteiger partial charge in [-0.15, -0.1) is 0 Å². The smallest absolute Gasteiger partial charge is 0.408 e. The Hall–Kier alpha value is -3.45. The highest BCUT2D eigenvalue weighted by molar-refractivity contribution is 6.74. The molecule has 0 saturated carbocycles. The minimum atomic E-state index is -2.64. The van der Waals surface area contributed by atoms with Crippen molar-refractivity contribution < 1.29 is 37.9 Å². The van der Waals surface area contributed by atoms with Crippen molar-refractivity contribution in [2.75, 3.05) is 0 Å². The van der Waals surface area contributed by atoms with Gasteiger partial charge in [-0.2, -0.15) is 0 Å². The first kappa shape index (κ1) is 32.1. The number of nitro benzene ring substituents is 1. The van der Waals surface area contributed by atoms with E-state index in [1.165, 1.54) is 18.2 Å². The number of hydrogen-bond acceptors (Lipinski definition) is 9. The van der Waals surface area contributed by atoms with E-state index in [2.05, 4.69) is 5.32 Å². The van der Waals surface area contributed by atoms with E-state index in [1.54, 1.807) is 26.0 Å². The van der Waals surface area contributed by atoms with Crippen LogP contribution in [0.5, 0.6) is 0 Å². The van der Waals surface area contributed by atoms with Gasteiger partial charge < -0.3 is 28.7 Å². The number of rotatable bonds is 11. The molecule has 1 saturated heterocycles. The molecule has 1 fully saturated rings. The van der Waals surface area contributed by atoms with Gasteiger partial charge >= 0.3 is 6.09 Å². The summed E-state index contributed by atoms with van der Waals surface area (Å²) in [5.74, 6) is -1.84. The second-order valence-corrected chi connectivity index (χ2v) is 16.7. The molecular weight excluding hydrogens is 548 g/mol. The summed E-state index contributed by atoms with van der Waals surface area (Å²) in [5.41, 5.74) is 0.545. The van der Waals surface area contributed by atoms with Crippen LogP contribution < -0.4 is 5.32 Å². The molecule has 1 amide bonds. The van der Waals surface area contributed by atoms with Gasteiger partial charge in [0.25, 0.3) is 5.69 Å². The molecule has 1 aliphatic rings. The molecule has 0 radical (unpaired) electrons. The zero-order chi connectivity index (χ0) is 30.6. The number of Topliss-reactive ketones (excluding diaryl/α,β-unsaturated/α-hetero) is 1. The van der Waals surface area contributed by atoms with Gasteiger partial charge in [0.1, 0.15) is 31.1 Å². The maximum atomic E-state index is 13.7. The van der Waals surface area contributed by atoms with Gasteiger partial charge in [0, 0.05) is 17.7 Å². The number of hydrogen-bond donors (Lipinski definition) is 1. The van der Waals surface area contributed by atoms with Crippen LogP contribution in [0.4, 0.5) is 10.5 Å². The summed E-state index contributed by atoms with van der Waals surface area (Å²) in [5, 5.41) is 13.6. The number of benzene rings is 2. The molecule has 222 valence electrons. The average molecular weight is 587 g/mol. The van der Waals surface area contributed by atoms with E-state index in [0.29, 0.717) is 6.29 Å². The monoisotopic (exact) mass is 586 g/mol. The third kappa shape index (κ3) is 8.06. The van der Waals surface area contributed by atoms with Gasteiger partial charge in [0.05, 0.1) is 4.92 Å². The van der Waals surface area contributed by atoms with Crippen LogP contribution in [-0.2, 0) is 30.0 Å². The molecule has 11 nitrogen and oxygen atoms in total. The number of ketones is 1. The van der Waals surface area contributed by atoms with Crippen LogP contribution in [-0.4, -0.2) is 61.5 Å². The molecule has 41 heavy (non-hydrogen) atoms. The van der Waals surface area contributed by atoms with E-state index in [0.717, 1.165) is 11.6 Å². The first-order valence-corrected chi connectivity index (χ1v) is 16.2. The largest absolute Gasteiger partial charge is 0.445 e. The fraction of sp³-hybridized carbons (Fsp3) is 0.483. The predicted molar refractivity (Wildman–Crippen MR) is 153 cm³/mol. The van der Waals surface area contributed by atoms with Crippen molar-refractivity contribution in [3.8, 4) is 0 Å². The number of carbonyl (C=O) groups excluding carboxylic acids is 3. The normalized spacial score (nSPS) is 20.1. The van der Waals surface area contributed by atoms with Crippen molar-refractivity contribution >= 4 is 32.2 Å². The fourth-order valence-corrected chi connectivity index (χ4v) is 5.44. The van der Waals surface area contributed by atoms with Crippen LogP contribution in [0.15, 0.2) is 54.6 Å². The fourth-order valence-electron chi connectivity index (χ4n) is 4.13. The number of nitrogens with zero attached hydrogens (tertiary/aromatic N) is 1. The summed E-state index contributed by atoms with van der Waals surface area (Å²) in [7, 11) is -2.64. The number of carbonyl (C=O) groups is 3. The molecule has 4 atom stereocenters. The Morgan fingerprint density at radius 1 is 1.12 bits per heavy atom. The third-order valence-corrected chi connectivity index (χ3v) is 11.8. The van der Waals surface area contributed by atoms with Crippen LogP contribution in [0.3, 0.4) is 0 Å². The second kappa shape index (κ2) is 12.6. The zero-order valence-corrected chi connectivity index (χ0v) is 25.4. The van der Waals surface area contributed by atoms with Crippen molar-refractivity contribution in [3.63, 3.8) is 0 Å². The standard InChI is InChI=1S/C29H38N2O9Si/c1-28(2,3)41(6,7)40-24(22(17-32)30-27(34)37-18-19-12-9-8-10-13-19)26-25(38-29(4,5)39-26)23(33)20-14-11-15-21(16-20)31(35)36/h8-17,22,24-26H,18H2,1-7H3,(H,30,34)/t22-,24-,25-,26+/m1/s1. The lowest BCUT2D eigenvalue weighted by Crippen LogP contribution is -2.59. The minimum absolute atomic E-state index is 0.0179. The molecule has 0 bridgehead atoms. The highest BCUT2D eigenvalue weighted by atomic mass is 28.4. The van der Waals surface area contributed by atoms with Crippen molar-refractivity contribution in [1.29, 1.82) is 0 Å². The van der Waals surface area contributed by atoms with Gasteiger partial charge in [-0.3, -0.25) is 14.9 Å². The first-order valence-electron chi connectivity index (χ1n) is 13.3. The van der Waals surface area contributed by atoms with Crippen LogP contribution in [0.1, 0.15) is 50.5 Å². The van der Waals surface area contributed by atoms with Gasteiger partial charge in [-0.25, -0.2) is 4.79 Å². The van der Waals surface area contributed by atoms with Gasteiger partial charge in [0.2, 0.25) is 0 Å². The maximum absolute atomic E-state index is 13.7. The lowest BCUT2D eigenvalue weighted by atomic mass is 9.95. The molecule has 0 unspecified atom stereocenters. The second-order valence-electron chi connectivity index (χ2n) is 11.9. The van der Waals surface area contributed by atoms with Crippen molar-refractivity contribution in [1.82, 2.24) is 5.32 Å². The summed E-state index contributed by atoms with van der Waals surface area (Å²) in [6.45, 7) is 13.2. The molecule has 1 heterocycles. The van der Waals surface area contributed by atoms with E-state index in [9.17, 15) is 24.5 Å². The molecule has 3 rings (SSSR count). The predicted octanol–water partition coefficient (Wildman–Crippen LogP) is 5.18. The molecule has 12 heteroatoms. The molecule has 2 aromatic carbocycles. The minimum Gasteiger partial charge on any atom is -0.445 e. The Balaban J connectivity index is 1.96. The molecule has 0 spiro atoms. The van der Waals surface area contributed by atoms with E-state index in [1.807, 2.05) is 52.1 Å². The summed E-state index contributed by atoms with van der Waals surface area (Å²) in [4.78, 5) is 49.7. The Kier molecular flexibility index (Phi) is 9.85. The molecule has 2 aromatic rings. The van der Waals surface area contributed by atoms with Crippen LogP contribution in [0.2, 0.25) is 18.1 Å². The van der Waals surface area contributed by atoms with Crippen LogP contribution in [0.25, 0.3) is 0 Å². The Labute approximate surface area is 240 Å². The van der Waals surface area contributed by atoms with Gasteiger partial charge in [-0.1, -0.05) is 63.2 Å². The highest BCUT2D eigenvalue weighted by Crippen LogP contribution is 2.41. The van der Waals surface area contributed by atoms with Gasteiger partial charge in [-0.05, 0) is 37.5 Å². The molecule has 0 aliphatic carbocycles. The first-order chi connectivity index (χ1) is 19.0.